The molecule has 2 N–H and O–H groups in total. The maximum atomic E-state index is 12.5. The monoisotopic (exact) mass is 379 g/mol. The first-order valence-corrected chi connectivity index (χ1v) is 7.98. The number of nitrogen functional groups attached to an aromatic ring is 1. The van der Waals surface area contributed by atoms with Gasteiger partial charge in [-0.25, -0.2) is 4.98 Å². The van der Waals surface area contributed by atoms with E-state index in [0.717, 1.165) is 5.56 Å². The van der Waals surface area contributed by atoms with E-state index in [1.54, 1.807) is 4.57 Å². The molecule has 10 heteroatoms. The largest absolute Gasteiger partial charge is 0.618 e. The Bertz CT molecular complexity index is 989. The number of ether oxygens (including phenoxy) is 3. The number of nitrogens with zero attached hydrogens (tertiary/aromatic N) is 4. The van der Waals surface area contributed by atoms with E-state index in [4.69, 9.17) is 31.5 Å². The molecule has 3 heterocycles. The number of rotatable bonds is 5. The quantitative estimate of drug-likeness (QED) is 0.407. The molecule has 0 bridgehead atoms. The lowest BCUT2D eigenvalue weighted by Gasteiger charge is -2.15. The molecule has 9 nitrogen and oxygen atoms in total. The third kappa shape index (κ3) is 2.80. The van der Waals surface area contributed by atoms with Crippen molar-refractivity contribution in [2.75, 3.05) is 27.1 Å². The summed E-state index contributed by atoms with van der Waals surface area (Å²) in [5.74, 6) is 0.925. The van der Waals surface area contributed by atoms with Crippen LogP contribution in [0.3, 0.4) is 0 Å². The number of hydrogen-bond donors (Lipinski definition) is 1. The molecule has 0 aliphatic heterocycles. The molecular formula is C16H18ClN5O4. The Kier molecular flexibility index (Phi) is 4.64. The Labute approximate surface area is 154 Å². The van der Waals surface area contributed by atoms with Crippen LogP contribution < -0.4 is 24.7 Å². The third-order valence-corrected chi connectivity index (χ3v) is 4.29. The summed E-state index contributed by atoms with van der Waals surface area (Å²) in [6.07, 6.45) is 3.10. The highest BCUT2D eigenvalue weighted by Crippen LogP contribution is 2.38. The minimum absolute atomic E-state index is 0.0520. The van der Waals surface area contributed by atoms with Crippen molar-refractivity contribution in [3.05, 3.63) is 34.0 Å². The Balaban J connectivity index is 2.20. The minimum atomic E-state index is 0.0520. The lowest BCUT2D eigenvalue weighted by atomic mass is 10.2. The molecule has 0 aliphatic rings. The second kappa shape index (κ2) is 6.75. The first kappa shape index (κ1) is 17.9. The lowest BCUT2D eigenvalue weighted by Crippen LogP contribution is -2.33. The zero-order valence-electron chi connectivity index (χ0n) is 14.7. The summed E-state index contributed by atoms with van der Waals surface area (Å²) in [5, 5.41) is 13.5. The predicted octanol–water partition coefficient (Wildman–Crippen LogP) is 1.68. The van der Waals surface area contributed by atoms with Crippen LogP contribution in [0.25, 0.3) is 11.0 Å². The molecule has 3 rings (SSSR count). The van der Waals surface area contributed by atoms with E-state index in [1.807, 2.05) is 13.1 Å². The Morgan fingerprint density at radius 3 is 2.50 bits per heavy atom. The van der Waals surface area contributed by atoms with Crippen molar-refractivity contribution in [1.29, 1.82) is 0 Å². The number of anilines is 1. The molecule has 0 spiro atoms. The summed E-state index contributed by atoms with van der Waals surface area (Å²) in [4.78, 5) is 8.23. The van der Waals surface area contributed by atoms with Crippen LogP contribution >= 0.6 is 11.6 Å². The van der Waals surface area contributed by atoms with Crippen LogP contribution in [0, 0.1) is 12.1 Å². The Morgan fingerprint density at radius 2 is 1.88 bits per heavy atom. The topological polar surface area (TPSA) is 111 Å². The van der Waals surface area contributed by atoms with Crippen LogP contribution in [0.1, 0.15) is 11.3 Å². The van der Waals surface area contributed by atoms with Gasteiger partial charge in [-0.15, -0.1) is 0 Å². The van der Waals surface area contributed by atoms with Gasteiger partial charge in [-0.1, -0.05) is 11.6 Å². The van der Waals surface area contributed by atoms with Crippen molar-refractivity contribution in [1.82, 2.24) is 14.5 Å². The van der Waals surface area contributed by atoms with Crippen molar-refractivity contribution in [2.45, 2.75) is 13.5 Å². The number of methoxy groups -OCH3 is 3. The Morgan fingerprint density at radius 1 is 1.19 bits per heavy atom. The van der Waals surface area contributed by atoms with Gasteiger partial charge in [0.15, 0.2) is 0 Å². The average Bonchev–Trinajstić information content (AvgIpc) is 2.91. The zero-order chi connectivity index (χ0) is 19.0. The average molecular weight is 380 g/mol. The van der Waals surface area contributed by atoms with Gasteiger partial charge in [0.1, 0.15) is 17.3 Å². The molecule has 3 aromatic rings. The van der Waals surface area contributed by atoms with Crippen molar-refractivity contribution in [2.24, 2.45) is 0 Å². The summed E-state index contributed by atoms with van der Waals surface area (Å²) in [6.45, 7) is 2.03. The van der Waals surface area contributed by atoms with Crippen LogP contribution in [0.2, 0.25) is 5.15 Å². The highest BCUT2D eigenvalue weighted by Gasteiger charge is 2.26. The van der Waals surface area contributed by atoms with E-state index in [0.29, 0.717) is 27.2 Å². The van der Waals surface area contributed by atoms with Crippen molar-refractivity contribution < 1.29 is 18.9 Å². The summed E-state index contributed by atoms with van der Waals surface area (Å²) >= 11 is 6.19. The number of halogens is 1. The van der Waals surface area contributed by atoms with Gasteiger partial charge in [0, 0.05) is 6.20 Å². The van der Waals surface area contributed by atoms with Gasteiger partial charge in [-0.05, 0) is 12.5 Å². The molecule has 26 heavy (non-hydrogen) atoms. The van der Waals surface area contributed by atoms with Crippen LogP contribution in [-0.2, 0) is 6.54 Å². The first-order valence-electron chi connectivity index (χ1n) is 7.60. The molecule has 0 fully saturated rings. The molecule has 0 atom stereocenters. The van der Waals surface area contributed by atoms with Crippen LogP contribution in [0.4, 0.5) is 5.95 Å². The fourth-order valence-electron chi connectivity index (χ4n) is 2.90. The number of fused-ring (bicyclic) bond motifs is 1. The normalized spacial score (nSPS) is 11.0. The van der Waals surface area contributed by atoms with Gasteiger partial charge in [0.2, 0.25) is 29.4 Å². The molecule has 0 radical (unpaired) electrons. The molecule has 0 saturated carbocycles. The second-order valence-corrected chi connectivity index (χ2v) is 5.91. The first-order chi connectivity index (χ1) is 12.4. The summed E-state index contributed by atoms with van der Waals surface area (Å²) < 4.78 is 18.4. The maximum Gasteiger partial charge on any atom is 0.259 e. The predicted molar refractivity (Wildman–Crippen MR) is 95.8 cm³/mol. The van der Waals surface area contributed by atoms with E-state index < -0.39 is 0 Å². The van der Waals surface area contributed by atoms with Crippen LogP contribution in [-0.4, -0.2) is 35.9 Å². The second-order valence-electron chi connectivity index (χ2n) is 5.55. The number of hydrogen-bond acceptors (Lipinski definition) is 7. The molecular weight excluding hydrogens is 362 g/mol. The van der Waals surface area contributed by atoms with Gasteiger partial charge in [0.25, 0.3) is 5.69 Å². The Hall–Kier alpha value is -2.94. The fourth-order valence-corrected chi connectivity index (χ4v) is 3.22. The fraction of sp³-hybridized carbons (Fsp3) is 0.312. The highest BCUT2D eigenvalue weighted by atomic mass is 35.5. The smallest absolute Gasteiger partial charge is 0.259 e. The van der Waals surface area contributed by atoms with Gasteiger partial charge in [-0.3, -0.25) is 0 Å². The minimum Gasteiger partial charge on any atom is -0.618 e. The van der Waals surface area contributed by atoms with Crippen molar-refractivity contribution in [3.8, 4) is 17.2 Å². The molecule has 3 aromatic heterocycles. The highest BCUT2D eigenvalue weighted by molar-refractivity contribution is 6.34. The third-order valence-electron chi connectivity index (χ3n) is 4.02. The van der Waals surface area contributed by atoms with E-state index in [1.165, 1.54) is 27.5 Å². The van der Waals surface area contributed by atoms with Gasteiger partial charge in [-0.2, -0.15) is 9.71 Å². The summed E-state index contributed by atoms with van der Waals surface area (Å²) in [6, 6.07) is 0. The molecule has 0 aliphatic carbocycles. The van der Waals surface area contributed by atoms with Crippen LogP contribution in [0.5, 0.6) is 17.2 Å². The van der Waals surface area contributed by atoms with Gasteiger partial charge < -0.3 is 29.7 Å². The van der Waals surface area contributed by atoms with E-state index in [2.05, 4.69) is 9.97 Å². The maximum absolute atomic E-state index is 12.5. The summed E-state index contributed by atoms with van der Waals surface area (Å²) in [7, 11) is 4.38. The SMILES string of the molecule is COc1c[n+]([O-])c(Cn2cc(C)c3c(Cl)nc(N)nc32)c(OC)c1OC. The zero-order valence-corrected chi connectivity index (χ0v) is 15.5. The molecule has 0 saturated heterocycles. The molecule has 0 amide bonds. The van der Waals surface area contributed by atoms with Gasteiger partial charge >= 0.3 is 0 Å². The number of pyridine rings is 1. The lowest BCUT2D eigenvalue weighted by molar-refractivity contribution is -0.615. The van der Waals surface area contributed by atoms with E-state index in [9.17, 15) is 5.21 Å². The molecule has 138 valence electrons. The van der Waals surface area contributed by atoms with E-state index in [-0.39, 0.29) is 29.1 Å². The van der Waals surface area contributed by atoms with Crippen molar-refractivity contribution >= 4 is 28.6 Å². The van der Waals surface area contributed by atoms with Crippen molar-refractivity contribution in [3.63, 3.8) is 0 Å². The number of aryl methyl sites for hydroxylation is 1. The van der Waals surface area contributed by atoms with Gasteiger partial charge in [0.05, 0.1) is 26.7 Å². The summed E-state index contributed by atoms with van der Waals surface area (Å²) in [5.41, 5.74) is 7.42. The van der Waals surface area contributed by atoms with Crippen LogP contribution in [0.15, 0.2) is 12.4 Å². The van der Waals surface area contributed by atoms with E-state index >= 15 is 0 Å². The number of nitrogens with two attached hydrogens (primary N) is 1. The standard InChI is InChI=1S/C16H18ClN5O4/c1-8-5-21(15-11(8)14(17)19-16(18)20-15)6-9-12(25-3)13(26-4)10(24-2)7-22(9)23/h5,7H,6H2,1-4H3,(H2,18,19,20). The number of aromatic nitrogens is 4. The molecule has 0 aromatic carbocycles. The molecule has 0 unspecified atom stereocenters.